The van der Waals surface area contributed by atoms with Gasteiger partial charge in [-0.25, -0.2) is 4.79 Å². The number of carboxylic acid groups (broad SMARTS) is 1. The quantitative estimate of drug-likeness (QED) is 0.166. The largest absolute Gasteiger partial charge is 0.480 e. The predicted octanol–water partition coefficient (Wildman–Crippen LogP) is -2.94. The van der Waals surface area contributed by atoms with Gasteiger partial charge in [0.25, 0.3) is 0 Å². The second kappa shape index (κ2) is 10.1. The van der Waals surface area contributed by atoms with E-state index in [1.165, 1.54) is 0 Å². The summed E-state index contributed by atoms with van der Waals surface area (Å²) in [5.41, 5.74) is 5.22. The van der Waals surface area contributed by atoms with Crippen molar-refractivity contribution in [1.82, 2.24) is 10.6 Å². The predicted molar refractivity (Wildman–Crippen MR) is 81.3 cm³/mol. The van der Waals surface area contributed by atoms with Crippen LogP contribution in [0, 0.1) is 0 Å². The van der Waals surface area contributed by atoms with Crippen LogP contribution < -0.4 is 16.4 Å². The summed E-state index contributed by atoms with van der Waals surface area (Å²) in [6, 6.07) is -2.39. The zero-order valence-corrected chi connectivity index (χ0v) is 13.9. The summed E-state index contributed by atoms with van der Waals surface area (Å²) in [6.45, 7) is -0.872. The number of carbonyl (C=O) groups excluding carboxylic acids is 3. The Morgan fingerprint density at radius 1 is 1.25 bits per heavy atom. The van der Waals surface area contributed by atoms with Crippen molar-refractivity contribution in [2.24, 2.45) is 5.73 Å². The van der Waals surface area contributed by atoms with Gasteiger partial charge in [0.15, 0.2) is 0 Å². The lowest BCUT2D eigenvalue weighted by atomic mass is 10.1. The highest BCUT2D eigenvalue weighted by molar-refractivity contribution is 7.81. The second-order valence-corrected chi connectivity index (χ2v) is 5.77. The maximum absolute atomic E-state index is 11.7. The fourth-order valence-corrected chi connectivity index (χ4v) is 1.85. The molecule has 0 bridgehead atoms. The molecular formula is C10H17N3O9S2. The highest BCUT2D eigenvalue weighted by atomic mass is 32.3. The van der Waals surface area contributed by atoms with E-state index in [0.717, 1.165) is 0 Å². The molecule has 0 aromatic heterocycles. The molecule has 0 fully saturated rings. The lowest BCUT2D eigenvalue weighted by Gasteiger charge is -2.16. The van der Waals surface area contributed by atoms with E-state index < -0.39 is 52.8 Å². The van der Waals surface area contributed by atoms with Gasteiger partial charge < -0.3 is 25.7 Å². The number of carboxylic acids is 1. The molecule has 138 valence electrons. The number of hydrogen-bond donors (Lipinski definition) is 6. The summed E-state index contributed by atoms with van der Waals surface area (Å²) < 4.78 is 32.4. The number of rotatable bonds is 10. The number of nitrogens with one attached hydrogen (secondary N) is 2. The molecule has 0 saturated heterocycles. The van der Waals surface area contributed by atoms with Crippen molar-refractivity contribution in [3.8, 4) is 0 Å². The van der Waals surface area contributed by atoms with Crippen LogP contribution in [0.3, 0.4) is 0 Å². The van der Waals surface area contributed by atoms with Crippen LogP contribution in [0.2, 0.25) is 0 Å². The fraction of sp³-hybridized carbons (Fsp3) is 0.600. The van der Waals surface area contributed by atoms with E-state index in [1.54, 1.807) is 0 Å². The van der Waals surface area contributed by atoms with Crippen LogP contribution in [-0.4, -0.2) is 66.2 Å². The minimum atomic E-state index is -4.98. The van der Waals surface area contributed by atoms with Crippen molar-refractivity contribution in [2.45, 2.75) is 24.9 Å². The molecule has 0 radical (unpaired) electrons. The minimum Gasteiger partial charge on any atom is -0.480 e. The van der Waals surface area contributed by atoms with Crippen molar-refractivity contribution in [2.75, 3.05) is 12.3 Å². The van der Waals surface area contributed by atoms with Crippen LogP contribution >= 0.6 is 12.6 Å². The SMILES string of the molecule is NC(CCC(=O)NC(CS)C(=O)NCC(=O)OS(=O)(=O)O)C(=O)O. The van der Waals surface area contributed by atoms with Crippen LogP contribution in [0.4, 0.5) is 0 Å². The number of thiol groups is 1. The number of nitrogens with two attached hydrogens (primary N) is 1. The van der Waals surface area contributed by atoms with Gasteiger partial charge in [-0.05, 0) is 6.42 Å². The Hall–Kier alpha value is -1.90. The number of aliphatic carboxylic acids is 1. The maximum atomic E-state index is 11.7. The van der Waals surface area contributed by atoms with E-state index in [2.05, 4.69) is 22.1 Å². The monoisotopic (exact) mass is 387 g/mol. The van der Waals surface area contributed by atoms with Crippen molar-refractivity contribution in [3.63, 3.8) is 0 Å². The van der Waals surface area contributed by atoms with Crippen molar-refractivity contribution >= 4 is 46.8 Å². The smallest absolute Gasteiger partial charge is 0.449 e. The van der Waals surface area contributed by atoms with E-state index in [4.69, 9.17) is 15.4 Å². The normalized spacial score (nSPS) is 13.5. The third-order valence-corrected chi connectivity index (χ3v) is 3.20. The molecule has 0 aliphatic heterocycles. The molecule has 0 heterocycles. The average Bonchev–Trinajstić information content (AvgIpc) is 2.45. The van der Waals surface area contributed by atoms with Crippen LogP contribution in [0.15, 0.2) is 0 Å². The summed E-state index contributed by atoms with van der Waals surface area (Å²) in [4.78, 5) is 44.8. The third-order valence-electron chi connectivity index (χ3n) is 2.44. The zero-order chi connectivity index (χ0) is 18.9. The molecule has 0 rings (SSSR count). The molecule has 24 heavy (non-hydrogen) atoms. The summed E-state index contributed by atoms with van der Waals surface area (Å²) in [7, 11) is -4.98. The molecule has 2 atom stereocenters. The zero-order valence-electron chi connectivity index (χ0n) is 12.2. The van der Waals surface area contributed by atoms with Gasteiger partial charge in [-0.1, -0.05) is 0 Å². The molecule has 2 amide bonds. The third kappa shape index (κ3) is 9.98. The topological polar surface area (TPSA) is 202 Å². The summed E-state index contributed by atoms with van der Waals surface area (Å²) in [5.74, 6) is -4.41. The molecule has 14 heteroatoms. The second-order valence-electron chi connectivity index (χ2n) is 4.39. The average molecular weight is 387 g/mol. The van der Waals surface area contributed by atoms with Crippen molar-refractivity contribution in [1.29, 1.82) is 0 Å². The molecular weight excluding hydrogens is 370 g/mol. The summed E-state index contributed by atoms with van der Waals surface area (Å²) in [6.07, 6.45) is -0.404. The van der Waals surface area contributed by atoms with E-state index in [0.29, 0.717) is 0 Å². The van der Waals surface area contributed by atoms with Crippen molar-refractivity contribution in [3.05, 3.63) is 0 Å². The lowest BCUT2D eigenvalue weighted by molar-refractivity contribution is -0.139. The molecule has 6 N–H and O–H groups in total. The van der Waals surface area contributed by atoms with Gasteiger partial charge in [0.2, 0.25) is 11.8 Å². The first-order chi connectivity index (χ1) is 11.0. The van der Waals surface area contributed by atoms with Gasteiger partial charge in [-0.3, -0.25) is 18.9 Å². The van der Waals surface area contributed by atoms with Gasteiger partial charge in [-0.15, -0.1) is 0 Å². The molecule has 0 aliphatic carbocycles. The van der Waals surface area contributed by atoms with Gasteiger partial charge >= 0.3 is 22.3 Å². The van der Waals surface area contributed by atoms with Crippen LogP contribution in [0.1, 0.15) is 12.8 Å². The molecule has 0 aromatic carbocycles. The highest BCUT2D eigenvalue weighted by Crippen LogP contribution is 1.97. The van der Waals surface area contributed by atoms with E-state index >= 15 is 0 Å². The first-order valence-corrected chi connectivity index (χ1v) is 8.32. The van der Waals surface area contributed by atoms with E-state index in [-0.39, 0.29) is 18.6 Å². The van der Waals surface area contributed by atoms with Crippen LogP contribution in [-0.2, 0) is 33.8 Å². The minimum absolute atomic E-state index is 0.150. The molecule has 0 spiro atoms. The Bertz CT molecular complexity index is 592. The highest BCUT2D eigenvalue weighted by Gasteiger charge is 2.22. The van der Waals surface area contributed by atoms with Gasteiger partial charge in [0.05, 0.1) is 0 Å². The Morgan fingerprint density at radius 3 is 2.29 bits per heavy atom. The summed E-state index contributed by atoms with van der Waals surface area (Å²) in [5, 5.41) is 12.8. The maximum Gasteiger partial charge on any atom is 0.449 e. The number of carbonyl (C=O) groups is 4. The first-order valence-electron chi connectivity index (χ1n) is 6.32. The fourth-order valence-electron chi connectivity index (χ4n) is 1.30. The molecule has 2 unspecified atom stereocenters. The first kappa shape index (κ1) is 22.1. The Morgan fingerprint density at radius 2 is 1.83 bits per heavy atom. The lowest BCUT2D eigenvalue weighted by Crippen LogP contribution is -2.49. The Kier molecular flexibility index (Phi) is 9.27. The van der Waals surface area contributed by atoms with Crippen molar-refractivity contribution < 1.29 is 41.4 Å². The molecule has 0 saturated carbocycles. The number of amides is 2. The number of hydrogen-bond acceptors (Lipinski definition) is 9. The Balaban J connectivity index is 4.37. The standard InChI is InChI=1S/C10H17N3O9S2/c11-5(10(17)18)1-2-7(14)13-6(4-23)9(16)12-3-8(15)22-24(19,20)21/h5-6,23H,1-4,11H2,(H,12,16)(H,13,14)(H,17,18)(H,19,20,21). The Labute approximate surface area is 142 Å². The molecule has 0 aromatic rings. The van der Waals surface area contributed by atoms with Crippen LogP contribution in [0.25, 0.3) is 0 Å². The van der Waals surface area contributed by atoms with Gasteiger partial charge in [-0.2, -0.15) is 21.0 Å². The molecule has 0 aliphatic rings. The van der Waals surface area contributed by atoms with E-state index in [9.17, 15) is 27.6 Å². The molecule has 12 nitrogen and oxygen atoms in total. The van der Waals surface area contributed by atoms with E-state index in [1.807, 2.05) is 5.32 Å². The summed E-state index contributed by atoms with van der Waals surface area (Å²) >= 11 is 3.84. The van der Waals surface area contributed by atoms with Gasteiger partial charge in [0, 0.05) is 12.2 Å². The van der Waals surface area contributed by atoms with Crippen LogP contribution in [0.5, 0.6) is 0 Å². The van der Waals surface area contributed by atoms with Gasteiger partial charge in [0.1, 0.15) is 18.6 Å².